The minimum Gasteiger partial charge on any atom is -0.348 e. The van der Waals surface area contributed by atoms with Crippen LogP contribution >= 0.6 is 15.9 Å². The van der Waals surface area contributed by atoms with E-state index in [9.17, 15) is 13.2 Å². The molecule has 0 aliphatic heterocycles. The Kier molecular flexibility index (Phi) is 6.25. The molecule has 2 rings (SSSR count). The lowest BCUT2D eigenvalue weighted by Gasteiger charge is -2.20. The van der Waals surface area contributed by atoms with Crippen molar-refractivity contribution >= 4 is 31.9 Å². The van der Waals surface area contributed by atoms with Gasteiger partial charge in [-0.05, 0) is 39.3 Å². The van der Waals surface area contributed by atoms with Crippen LogP contribution in [0.15, 0.2) is 33.6 Å². The SMILES string of the molecule is Cc1nn(C)c(C)c1S(=O)(=O)NC(C)C(=O)NC(C)c1ccccc1Br. The predicted molar refractivity (Wildman–Crippen MR) is 103 cm³/mol. The number of aromatic nitrogens is 2. The first-order valence-corrected chi connectivity index (χ1v) is 10.4. The number of rotatable bonds is 6. The van der Waals surface area contributed by atoms with Crippen LogP contribution in [0.3, 0.4) is 0 Å². The van der Waals surface area contributed by atoms with E-state index in [1.54, 1.807) is 20.9 Å². The molecular weight excluding hydrogens is 420 g/mol. The van der Waals surface area contributed by atoms with E-state index in [0.717, 1.165) is 10.0 Å². The van der Waals surface area contributed by atoms with Gasteiger partial charge in [-0.2, -0.15) is 9.82 Å². The fourth-order valence-corrected chi connectivity index (χ4v) is 5.00. The zero-order valence-electron chi connectivity index (χ0n) is 15.4. The first kappa shape index (κ1) is 20.6. The molecule has 0 aliphatic carbocycles. The maximum absolute atomic E-state index is 12.7. The normalized spacial score (nSPS) is 14.1. The number of nitrogens with one attached hydrogen (secondary N) is 2. The Morgan fingerprint density at radius 2 is 1.85 bits per heavy atom. The highest BCUT2D eigenvalue weighted by Crippen LogP contribution is 2.23. The molecule has 0 radical (unpaired) electrons. The average Bonchev–Trinajstić information content (AvgIpc) is 2.80. The highest BCUT2D eigenvalue weighted by Gasteiger charge is 2.28. The minimum absolute atomic E-state index is 0.110. The van der Waals surface area contributed by atoms with E-state index < -0.39 is 22.0 Å². The van der Waals surface area contributed by atoms with Gasteiger partial charge in [-0.3, -0.25) is 9.48 Å². The summed E-state index contributed by atoms with van der Waals surface area (Å²) < 4.78 is 30.1. The number of halogens is 1. The molecule has 7 nitrogen and oxygen atoms in total. The molecule has 0 spiro atoms. The van der Waals surface area contributed by atoms with Crippen molar-refractivity contribution < 1.29 is 13.2 Å². The van der Waals surface area contributed by atoms with E-state index in [4.69, 9.17) is 0 Å². The summed E-state index contributed by atoms with van der Waals surface area (Å²) in [6, 6.07) is 6.35. The number of hydrogen-bond donors (Lipinski definition) is 2. The molecule has 2 unspecified atom stereocenters. The van der Waals surface area contributed by atoms with Crippen LogP contribution in [0.1, 0.15) is 36.8 Å². The Morgan fingerprint density at radius 1 is 1.23 bits per heavy atom. The molecular formula is C17H23BrN4O3S. The molecule has 1 heterocycles. The van der Waals surface area contributed by atoms with Crippen molar-refractivity contribution in [3.05, 3.63) is 45.7 Å². The van der Waals surface area contributed by atoms with Crippen LogP contribution in [0.2, 0.25) is 0 Å². The molecule has 2 atom stereocenters. The lowest BCUT2D eigenvalue weighted by Crippen LogP contribution is -2.45. The lowest BCUT2D eigenvalue weighted by atomic mass is 10.1. The monoisotopic (exact) mass is 442 g/mol. The van der Waals surface area contributed by atoms with Crippen molar-refractivity contribution in [1.82, 2.24) is 19.8 Å². The van der Waals surface area contributed by atoms with E-state index in [0.29, 0.717) is 11.4 Å². The Bertz CT molecular complexity index is 924. The van der Waals surface area contributed by atoms with Crippen LogP contribution in [-0.4, -0.2) is 30.1 Å². The molecule has 0 fully saturated rings. The van der Waals surface area contributed by atoms with Crippen molar-refractivity contribution in [3.8, 4) is 0 Å². The lowest BCUT2D eigenvalue weighted by molar-refractivity contribution is -0.123. The minimum atomic E-state index is -3.86. The number of benzene rings is 1. The summed E-state index contributed by atoms with van der Waals surface area (Å²) in [6.45, 7) is 6.66. The number of nitrogens with zero attached hydrogens (tertiary/aromatic N) is 2. The molecule has 2 aromatic rings. The molecule has 1 aromatic heterocycles. The number of amides is 1. The van der Waals surface area contributed by atoms with Crippen LogP contribution in [0.25, 0.3) is 0 Å². The van der Waals surface area contributed by atoms with Crippen LogP contribution in [-0.2, 0) is 21.9 Å². The Morgan fingerprint density at radius 3 is 2.38 bits per heavy atom. The Balaban J connectivity index is 2.12. The van der Waals surface area contributed by atoms with Gasteiger partial charge in [-0.25, -0.2) is 8.42 Å². The second kappa shape index (κ2) is 7.89. The van der Waals surface area contributed by atoms with Crippen molar-refractivity contribution in [1.29, 1.82) is 0 Å². The molecule has 0 bridgehead atoms. The van der Waals surface area contributed by atoms with Crippen molar-refractivity contribution in [2.75, 3.05) is 0 Å². The largest absolute Gasteiger partial charge is 0.348 e. The van der Waals surface area contributed by atoms with Gasteiger partial charge in [0.1, 0.15) is 4.90 Å². The zero-order chi connectivity index (χ0) is 19.6. The fraction of sp³-hybridized carbons (Fsp3) is 0.412. The van der Waals surface area contributed by atoms with Gasteiger partial charge in [0.15, 0.2) is 0 Å². The summed E-state index contributed by atoms with van der Waals surface area (Å²) in [7, 11) is -2.18. The number of aryl methyl sites for hydroxylation is 2. The first-order valence-electron chi connectivity index (χ1n) is 8.12. The van der Waals surface area contributed by atoms with Crippen molar-refractivity contribution in [2.45, 2.75) is 44.7 Å². The van der Waals surface area contributed by atoms with Crippen LogP contribution in [0.4, 0.5) is 0 Å². The summed E-state index contributed by atoms with van der Waals surface area (Å²) in [5.41, 5.74) is 1.82. The average molecular weight is 443 g/mol. The third-order valence-corrected chi connectivity index (χ3v) is 6.68. The molecule has 26 heavy (non-hydrogen) atoms. The maximum Gasteiger partial charge on any atom is 0.244 e. The van der Waals surface area contributed by atoms with Gasteiger partial charge in [0, 0.05) is 11.5 Å². The summed E-state index contributed by atoms with van der Waals surface area (Å²) in [5, 5.41) is 6.95. The van der Waals surface area contributed by atoms with Crippen LogP contribution < -0.4 is 10.0 Å². The second-order valence-electron chi connectivity index (χ2n) is 6.22. The summed E-state index contributed by atoms with van der Waals surface area (Å²) in [4.78, 5) is 12.6. The van der Waals surface area contributed by atoms with Gasteiger partial charge < -0.3 is 5.32 Å². The van der Waals surface area contributed by atoms with E-state index in [-0.39, 0.29) is 10.9 Å². The van der Waals surface area contributed by atoms with Gasteiger partial charge in [0.05, 0.1) is 23.5 Å². The van der Waals surface area contributed by atoms with Crippen molar-refractivity contribution in [2.24, 2.45) is 7.05 Å². The molecule has 1 amide bonds. The Labute approximate surface area is 162 Å². The number of hydrogen-bond acceptors (Lipinski definition) is 4. The smallest absolute Gasteiger partial charge is 0.244 e. The summed E-state index contributed by atoms with van der Waals surface area (Å²) >= 11 is 3.45. The highest BCUT2D eigenvalue weighted by atomic mass is 79.9. The molecule has 1 aromatic carbocycles. The zero-order valence-corrected chi connectivity index (χ0v) is 17.8. The summed E-state index contributed by atoms with van der Waals surface area (Å²) in [5.74, 6) is -0.406. The third kappa shape index (κ3) is 4.33. The molecule has 0 saturated carbocycles. The fourth-order valence-electron chi connectivity index (χ4n) is 2.73. The van der Waals surface area contributed by atoms with Crippen LogP contribution in [0.5, 0.6) is 0 Å². The standard InChI is InChI=1S/C17H23BrN4O3S/c1-10(14-8-6-7-9-15(14)18)19-17(23)12(3)21-26(24,25)16-11(2)20-22(5)13(16)4/h6-10,12,21H,1-5H3,(H,19,23). The van der Waals surface area contributed by atoms with Crippen LogP contribution in [0, 0.1) is 13.8 Å². The summed E-state index contributed by atoms with van der Waals surface area (Å²) in [6.07, 6.45) is 0. The van der Waals surface area contributed by atoms with E-state index in [1.165, 1.54) is 11.6 Å². The van der Waals surface area contributed by atoms with Gasteiger partial charge >= 0.3 is 0 Å². The van der Waals surface area contributed by atoms with Gasteiger partial charge in [-0.15, -0.1) is 0 Å². The van der Waals surface area contributed by atoms with E-state index in [1.807, 2.05) is 31.2 Å². The highest BCUT2D eigenvalue weighted by molar-refractivity contribution is 9.10. The van der Waals surface area contributed by atoms with Gasteiger partial charge in [0.25, 0.3) is 0 Å². The molecule has 142 valence electrons. The Hall–Kier alpha value is -1.71. The maximum atomic E-state index is 12.7. The molecule has 9 heteroatoms. The molecule has 0 saturated heterocycles. The third-order valence-electron chi connectivity index (χ3n) is 4.17. The van der Waals surface area contributed by atoms with Crippen molar-refractivity contribution in [3.63, 3.8) is 0 Å². The number of carbonyl (C=O) groups excluding carboxylic acids is 1. The van der Waals surface area contributed by atoms with Gasteiger partial charge in [0.2, 0.25) is 15.9 Å². The quantitative estimate of drug-likeness (QED) is 0.717. The van der Waals surface area contributed by atoms with E-state index >= 15 is 0 Å². The van der Waals surface area contributed by atoms with E-state index in [2.05, 4.69) is 31.1 Å². The number of carbonyl (C=O) groups is 1. The predicted octanol–water partition coefficient (Wildman–Crippen LogP) is 2.34. The molecule has 2 N–H and O–H groups in total. The molecule has 0 aliphatic rings. The first-order chi connectivity index (χ1) is 12.0. The topological polar surface area (TPSA) is 93.1 Å². The number of sulfonamides is 1. The van der Waals surface area contributed by atoms with Gasteiger partial charge in [-0.1, -0.05) is 34.1 Å². The second-order valence-corrected chi connectivity index (χ2v) is 8.72.